The summed E-state index contributed by atoms with van der Waals surface area (Å²) in [4.78, 5) is 0. The molecule has 0 radical (unpaired) electrons. The monoisotopic (exact) mass is 162 g/mol. The van der Waals surface area contributed by atoms with Gasteiger partial charge in [0.2, 0.25) is 0 Å². The van der Waals surface area contributed by atoms with E-state index in [0.29, 0.717) is 5.41 Å². The first-order valence-electron chi connectivity index (χ1n) is 4.87. The molecule has 0 heterocycles. The minimum atomic E-state index is 0.521. The van der Waals surface area contributed by atoms with E-state index in [4.69, 9.17) is 0 Å². The molecule has 2 saturated carbocycles. The smallest absolute Gasteiger partial charge is 0.0197 e. The maximum Gasteiger partial charge on any atom is -0.0197 e. The Kier molecular flexibility index (Phi) is 1.51. The minimum Gasteiger partial charge on any atom is -0.0998 e. The zero-order chi connectivity index (χ0) is 8.93. The maximum atomic E-state index is 4.16. The summed E-state index contributed by atoms with van der Waals surface area (Å²) < 4.78 is 0. The van der Waals surface area contributed by atoms with E-state index < -0.39 is 0 Å². The molecular formula is C12H18. The van der Waals surface area contributed by atoms with Gasteiger partial charge in [-0.2, -0.15) is 0 Å². The lowest BCUT2D eigenvalue weighted by Crippen LogP contribution is -2.17. The fourth-order valence-electron chi connectivity index (χ4n) is 3.27. The standard InChI is InChI=1S/C12H18/c1-8-5-11-10(3)9(2)7-12(11,4)6-8/h10-11H,1-2,5-7H2,3-4H3. The molecule has 0 N–H and O–H groups in total. The van der Waals surface area contributed by atoms with E-state index in [1.807, 2.05) is 0 Å². The van der Waals surface area contributed by atoms with Gasteiger partial charge in [-0.1, -0.05) is 38.2 Å². The molecule has 2 fully saturated rings. The first-order valence-corrected chi connectivity index (χ1v) is 4.87. The summed E-state index contributed by atoms with van der Waals surface area (Å²) in [5.74, 6) is 1.58. The predicted octanol–water partition coefficient (Wildman–Crippen LogP) is 3.55. The molecule has 2 aliphatic rings. The molecule has 0 aromatic heterocycles. The van der Waals surface area contributed by atoms with Crippen LogP contribution >= 0.6 is 0 Å². The molecule has 3 unspecified atom stereocenters. The van der Waals surface area contributed by atoms with Crippen LogP contribution in [0.2, 0.25) is 0 Å². The third-order valence-corrected chi connectivity index (χ3v) is 3.94. The second-order valence-electron chi connectivity index (χ2n) is 5.02. The van der Waals surface area contributed by atoms with E-state index in [1.54, 1.807) is 0 Å². The van der Waals surface area contributed by atoms with E-state index in [1.165, 1.54) is 30.4 Å². The number of allylic oxidation sites excluding steroid dienone is 2. The molecule has 12 heavy (non-hydrogen) atoms. The molecular weight excluding hydrogens is 144 g/mol. The SMILES string of the molecule is C=C1CC2C(C)C(=C)CC2(C)C1. The zero-order valence-electron chi connectivity index (χ0n) is 8.19. The summed E-state index contributed by atoms with van der Waals surface area (Å²) >= 11 is 0. The zero-order valence-corrected chi connectivity index (χ0v) is 8.19. The number of hydrogen-bond donors (Lipinski definition) is 0. The molecule has 0 aromatic carbocycles. The maximum absolute atomic E-state index is 4.16. The van der Waals surface area contributed by atoms with Crippen LogP contribution in [0.15, 0.2) is 24.3 Å². The molecule has 0 aliphatic heterocycles. The highest BCUT2D eigenvalue weighted by Crippen LogP contribution is 2.59. The average Bonchev–Trinajstić information content (AvgIpc) is 2.31. The highest BCUT2D eigenvalue weighted by molar-refractivity contribution is 5.24. The van der Waals surface area contributed by atoms with E-state index in [0.717, 1.165) is 11.8 Å². The summed E-state index contributed by atoms with van der Waals surface area (Å²) in [6.07, 6.45) is 3.72. The lowest BCUT2D eigenvalue weighted by Gasteiger charge is -2.23. The lowest BCUT2D eigenvalue weighted by atomic mass is 9.80. The Labute approximate surface area is 75.4 Å². The molecule has 2 rings (SSSR count). The van der Waals surface area contributed by atoms with E-state index >= 15 is 0 Å². The summed E-state index contributed by atoms with van der Waals surface area (Å²) in [7, 11) is 0. The first-order chi connectivity index (χ1) is 5.53. The Balaban J connectivity index is 2.31. The van der Waals surface area contributed by atoms with E-state index in [9.17, 15) is 0 Å². The lowest BCUT2D eigenvalue weighted by molar-refractivity contribution is 0.248. The van der Waals surface area contributed by atoms with Crippen molar-refractivity contribution < 1.29 is 0 Å². The van der Waals surface area contributed by atoms with Crippen molar-refractivity contribution >= 4 is 0 Å². The largest absolute Gasteiger partial charge is 0.0998 e. The summed E-state index contributed by atoms with van der Waals surface area (Å²) in [5, 5.41) is 0. The molecule has 2 aliphatic carbocycles. The van der Waals surface area contributed by atoms with Crippen molar-refractivity contribution in [3.63, 3.8) is 0 Å². The quantitative estimate of drug-likeness (QED) is 0.478. The topological polar surface area (TPSA) is 0 Å². The van der Waals surface area contributed by atoms with Gasteiger partial charge in [0.25, 0.3) is 0 Å². The van der Waals surface area contributed by atoms with Gasteiger partial charge in [-0.3, -0.25) is 0 Å². The van der Waals surface area contributed by atoms with Crippen LogP contribution in [0.3, 0.4) is 0 Å². The van der Waals surface area contributed by atoms with Crippen molar-refractivity contribution in [2.24, 2.45) is 17.3 Å². The van der Waals surface area contributed by atoms with Crippen LogP contribution in [-0.2, 0) is 0 Å². The third-order valence-electron chi connectivity index (χ3n) is 3.94. The molecule has 0 saturated heterocycles. The average molecular weight is 162 g/mol. The van der Waals surface area contributed by atoms with Crippen LogP contribution in [0.4, 0.5) is 0 Å². The second kappa shape index (κ2) is 2.25. The van der Waals surface area contributed by atoms with Crippen molar-refractivity contribution in [2.75, 3.05) is 0 Å². The number of hydrogen-bond acceptors (Lipinski definition) is 0. The minimum absolute atomic E-state index is 0.521. The predicted molar refractivity (Wildman–Crippen MR) is 52.9 cm³/mol. The van der Waals surface area contributed by atoms with Crippen LogP contribution in [0.25, 0.3) is 0 Å². The molecule has 0 heteroatoms. The summed E-state index contributed by atoms with van der Waals surface area (Å²) in [6, 6.07) is 0. The van der Waals surface area contributed by atoms with Crippen LogP contribution in [-0.4, -0.2) is 0 Å². The van der Waals surface area contributed by atoms with Gasteiger partial charge in [0.1, 0.15) is 0 Å². The van der Waals surface area contributed by atoms with Crippen molar-refractivity contribution in [1.29, 1.82) is 0 Å². The van der Waals surface area contributed by atoms with Gasteiger partial charge in [0, 0.05) is 0 Å². The Morgan fingerprint density at radius 2 is 2.00 bits per heavy atom. The van der Waals surface area contributed by atoms with Gasteiger partial charge in [-0.25, -0.2) is 0 Å². The van der Waals surface area contributed by atoms with Gasteiger partial charge >= 0.3 is 0 Å². The second-order valence-corrected chi connectivity index (χ2v) is 5.02. The molecule has 66 valence electrons. The van der Waals surface area contributed by atoms with Crippen molar-refractivity contribution in [3.8, 4) is 0 Å². The van der Waals surface area contributed by atoms with Gasteiger partial charge in [0.05, 0.1) is 0 Å². The van der Waals surface area contributed by atoms with E-state index in [2.05, 4.69) is 27.0 Å². The van der Waals surface area contributed by atoms with Crippen LogP contribution in [0.5, 0.6) is 0 Å². The molecule has 0 nitrogen and oxygen atoms in total. The van der Waals surface area contributed by atoms with E-state index in [-0.39, 0.29) is 0 Å². The summed E-state index contributed by atoms with van der Waals surface area (Å²) in [6.45, 7) is 13.0. The number of rotatable bonds is 0. The Bertz CT molecular complexity index is 249. The Morgan fingerprint density at radius 1 is 1.33 bits per heavy atom. The Morgan fingerprint density at radius 3 is 2.58 bits per heavy atom. The molecule has 0 spiro atoms. The number of fused-ring (bicyclic) bond motifs is 1. The van der Waals surface area contributed by atoms with Crippen molar-refractivity contribution in [2.45, 2.75) is 33.1 Å². The van der Waals surface area contributed by atoms with Gasteiger partial charge in [-0.15, -0.1) is 0 Å². The fourth-order valence-corrected chi connectivity index (χ4v) is 3.27. The highest BCUT2D eigenvalue weighted by Gasteiger charge is 2.49. The Hall–Kier alpha value is -0.520. The normalized spacial score (nSPS) is 46.8. The molecule has 3 atom stereocenters. The molecule has 0 bridgehead atoms. The molecule has 0 amide bonds. The highest BCUT2D eigenvalue weighted by atomic mass is 14.5. The van der Waals surface area contributed by atoms with Gasteiger partial charge in [-0.05, 0) is 36.5 Å². The van der Waals surface area contributed by atoms with Gasteiger partial charge < -0.3 is 0 Å². The van der Waals surface area contributed by atoms with Crippen LogP contribution < -0.4 is 0 Å². The van der Waals surface area contributed by atoms with Crippen molar-refractivity contribution in [1.82, 2.24) is 0 Å². The van der Waals surface area contributed by atoms with Gasteiger partial charge in [0.15, 0.2) is 0 Å². The third kappa shape index (κ3) is 0.903. The fraction of sp³-hybridized carbons (Fsp3) is 0.667. The summed E-state index contributed by atoms with van der Waals surface area (Å²) in [5.41, 5.74) is 3.45. The molecule has 0 aromatic rings. The van der Waals surface area contributed by atoms with Crippen LogP contribution in [0, 0.1) is 17.3 Å². The van der Waals surface area contributed by atoms with Crippen LogP contribution in [0.1, 0.15) is 33.1 Å². The first kappa shape index (κ1) is 8.10. The van der Waals surface area contributed by atoms with Crippen molar-refractivity contribution in [3.05, 3.63) is 24.3 Å².